The Morgan fingerprint density at radius 1 is 0.302 bits per heavy atom. The molecular weight excluding hydrogens is 918 g/mol. The van der Waals surface area contributed by atoms with E-state index in [9.17, 15) is 0 Å². The Morgan fingerprint density at radius 3 is 0.528 bits per heavy atom. The van der Waals surface area contributed by atoms with Crippen molar-refractivity contribution in [1.82, 2.24) is 0 Å². The van der Waals surface area contributed by atoms with Gasteiger partial charge in [-0.15, -0.1) is 0 Å². The summed E-state index contributed by atoms with van der Waals surface area (Å²) in [6.45, 7) is 31.0. The number of hydrogen-bond acceptors (Lipinski definition) is 2. The predicted molar refractivity (Wildman–Crippen MR) is 225 cm³/mol. The summed E-state index contributed by atoms with van der Waals surface area (Å²) >= 11 is -2.77. The molecule has 277 valence electrons. The molecule has 0 unspecified atom stereocenters. The number of thiol groups is 2. The molecule has 0 heterocycles. The first kappa shape index (κ1) is 56.5. The van der Waals surface area contributed by atoms with Crippen LogP contribution in [0.25, 0.3) is 0 Å². The van der Waals surface area contributed by atoms with Crippen molar-refractivity contribution in [2.75, 3.05) is 0 Å². The summed E-state index contributed by atoms with van der Waals surface area (Å²) in [7, 11) is 0. The van der Waals surface area contributed by atoms with E-state index in [0.29, 0.717) is 0 Å². The molecule has 11 radical (unpaired) electrons. The van der Waals surface area contributed by atoms with E-state index in [-0.39, 0.29) is 72.7 Å². The molecule has 4 aromatic carbocycles. The van der Waals surface area contributed by atoms with Crippen molar-refractivity contribution in [3.63, 3.8) is 0 Å². The standard InChI is InChI=1S/C24H20As.2C10H15.2CO.Rh.2H2S.Zr/c1-5-13-21(14-6-1)25(22-15-7-2-8-16-22,23-17-9-3-10-18-23)24-19-11-4-12-20-24;2*1-6-7(2)9(4)10(5)8(6)3;2*1-2;;;;/h1-20H;2*1-5H3;;;;2*1H2;/q+1;;;;;;;;+2/p-2. The van der Waals surface area contributed by atoms with Gasteiger partial charge in [0.2, 0.25) is 0 Å². The Morgan fingerprint density at radius 2 is 0.415 bits per heavy atom. The van der Waals surface area contributed by atoms with E-state index in [0.717, 1.165) is 0 Å². The molecule has 53 heavy (non-hydrogen) atoms. The van der Waals surface area contributed by atoms with Crippen molar-refractivity contribution in [3.8, 4) is 0 Å². The zero-order chi connectivity index (χ0) is 36.7. The van der Waals surface area contributed by atoms with Gasteiger partial charge in [0, 0.05) is 19.5 Å². The first-order valence-electron chi connectivity index (χ1n) is 16.4. The SMILES string of the molecule is C[C]1[C](C)[C](C)[C](C)[C]1C.C[C]1[C](C)[C](C)[C](C)[C]1C.[C-]#[O+].[C-]#[O+].[Rh].[SH-].[SH-].[Zr+2].c1ccc([As+](c2ccccc2)(c2ccccc2)c2ccccc2)cc1. The van der Waals surface area contributed by atoms with Crippen LogP contribution in [0.4, 0.5) is 0 Å². The summed E-state index contributed by atoms with van der Waals surface area (Å²) in [5, 5.41) is 0. The molecule has 7 heteroatoms. The molecule has 0 aliphatic heterocycles. The molecule has 2 nitrogen and oxygen atoms in total. The topological polar surface area (TPSA) is 39.8 Å². The molecule has 4 aromatic rings. The van der Waals surface area contributed by atoms with Crippen molar-refractivity contribution < 1.29 is 55.0 Å². The van der Waals surface area contributed by atoms with Gasteiger partial charge in [-0.3, -0.25) is 0 Å². The number of hydrogen-bond donors (Lipinski definition) is 0. The molecular formula is C46H52AsO2RhS2Zr+. The molecule has 0 amide bonds. The van der Waals surface area contributed by atoms with Crippen LogP contribution in [-0.2, 0) is 82.0 Å². The minimum absolute atomic E-state index is 0. The monoisotopic (exact) mass is 968 g/mol. The Labute approximate surface area is 372 Å². The first-order valence-corrected chi connectivity index (χ1v) is 20.2. The second-order valence-corrected chi connectivity index (χ2v) is 19.4. The Kier molecular flexibility index (Phi) is 30.4. The molecule has 6 rings (SSSR count). The second kappa shape index (κ2) is 28.5. The summed E-state index contributed by atoms with van der Waals surface area (Å²) in [5.41, 5.74) is 0. The zero-order valence-corrected chi connectivity index (χ0v) is 40.3. The van der Waals surface area contributed by atoms with E-state index in [4.69, 9.17) is 9.30 Å². The maximum atomic E-state index is 7.50. The third-order valence-electron chi connectivity index (χ3n) is 10.2. The molecule has 2 fully saturated rings. The molecule has 0 N–H and O–H groups in total. The number of rotatable bonds is 4. The average molecular weight is 970 g/mol. The van der Waals surface area contributed by atoms with Gasteiger partial charge in [-0.2, -0.15) is 0 Å². The van der Waals surface area contributed by atoms with E-state index < -0.39 is 13.6 Å². The van der Waals surface area contributed by atoms with Crippen LogP contribution in [-0.4, -0.2) is 13.6 Å². The van der Waals surface area contributed by atoms with E-state index in [1.807, 2.05) is 0 Å². The van der Waals surface area contributed by atoms with Crippen LogP contribution < -0.4 is 17.4 Å². The summed E-state index contributed by atoms with van der Waals surface area (Å²) in [6.07, 6.45) is 0. The first-order chi connectivity index (χ1) is 23.5. The third kappa shape index (κ3) is 13.6. The normalized spacial score (nSPS) is 16.1. The summed E-state index contributed by atoms with van der Waals surface area (Å²) in [5.74, 6) is 14.7. The van der Waals surface area contributed by atoms with Crippen LogP contribution in [0.1, 0.15) is 69.2 Å². The van der Waals surface area contributed by atoms with E-state index in [1.54, 1.807) is 0 Å². The van der Waals surface area contributed by atoms with Crippen LogP contribution in [0.15, 0.2) is 121 Å². The predicted octanol–water partition coefficient (Wildman–Crippen LogP) is 8.39. The van der Waals surface area contributed by atoms with Gasteiger partial charge in [0.1, 0.15) is 0 Å². The molecule has 0 aromatic heterocycles. The summed E-state index contributed by atoms with van der Waals surface area (Å²) in [4.78, 5) is 0. The molecule has 0 atom stereocenters. The number of benzene rings is 4. The van der Waals surface area contributed by atoms with E-state index in [2.05, 4.69) is 204 Å². The van der Waals surface area contributed by atoms with E-state index in [1.165, 1.54) is 76.6 Å². The van der Waals surface area contributed by atoms with Gasteiger partial charge < -0.3 is 27.0 Å². The van der Waals surface area contributed by atoms with Crippen molar-refractivity contribution in [1.29, 1.82) is 0 Å². The zero-order valence-electron chi connectivity index (χ0n) is 32.5. The molecule has 0 bridgehead atoms. The van der Waals surface area contributed by atoms with Crippen molar-refractivity contribution >= 4 is 57.9 Å². The quantitative estimate of drug-likeness (QED) is 0.0679. The van der Waals surface area contributed by atoms with Gasteiger partial charge in [0.05, 0.1) is 0 Å². The van der Waals surface area contributed by atoms with Gasteiger partial charge in [-0.1, -0.05) is 69.2 Å². The van der Waals surface area contributed by atoms with Crippen molar-refractivity contribution in [2.24, 2.45) is 0 Å². The van der Waals surface area contributed by atoms with E-state index >= 15 is 0 Å². The van der Waals surface area contributed by atoms with Crippen LogP contribution in [0, 0.1) is 72.5 Å². The average Bonchev–Trinajstić information content (AvgIpc) is 3.45. The van der Waals surface area contributed by atoms with Gasteiger partial charge >= 0.3 is 201 Å². The van der Waals surface area contributed by atoms with Crippen LogP contribution >= 0.6 is 0 Å². The Bertz CT molecular complexity index is 1240. The fraction of sp³-hybridized carbons (Fsp3) is 0.217. The third-order valence-corrected chi connectivity index (χ3v) is 19.2. The van der Waals surface area contributed by atoms with Gasteiger partial charge in [0.25, 0.3) is 0 Å². The van der Waals surface area contributed by atoms with Crippen molar-refractivity contribution in [3.05, 3.63) is 194 Å². The molecule has 2 aliphatic rings. The van der Waals surface area contributed by atoms with Gasteiger partial charge in [0.15, 0.2) is 0 Å². The molecule has 0 saturated heterocycles. The van der Waals surface area contributed by atoms with Crippen LogP contribution in [0.2, 0.25) is 0 Å². The Hall–Kier alpha value is -0.875. The van der Waals surface area contributed by atoms with Crippen LogP contribution in [0.3, 0.4) is 0 Å². The summed E-state index contributed by atoms with van der Waals surface area (Å²) in [6, 6.07) is 44.2. The minimum atomic E-state index is -2.77. The molecule has 2 aliphatic carbocycles. The van der Waals surface area contributed by atoms with Gasteiger partial charge in [-0.05, 0) is 59.2 Å². The fourth-order valence-corrected chi connectivity index (χ4v) is 15.3. The fourth-order valence-electron chi connectivity index (χ4n) is 6.31. The van der Waals surface area contributed by atoms with Crippen LogP contribution in [0.5, 0.6) is 0 Å². The second-order valence-electron chi connectivity index (χ2n) is 12.3. The van der Waals surface area contributed by atoms with Crippen molar-refractivity contribution in [2.45, 2.75) is 69.2 Å². The Balaban J connectivity index is -0.000000752. The molecule has 0 spiro atoms. The maximum absolute atomic E-state index is 7.50. The summed E-state index contributed by atoms with van der Waals surface area (Å²) < 4.78 is 20.8. The molecule has 2 saturated carbocycles. The van der Waals surface area contributed by atoms with Gasteiger partial charge in [-0.25, -0.2) is 0 Å².